The van der Waals surface area contributed by atoms with Crippen LogP contribution in [-0.4, -0.2) is 62.1 Å². The molecule has 8 atom stereocenters. The number of ketones is 5. The molecule has 3 unspecified atom stereocenters. The van der Waals surface area contributed by atoms with Crippen LogP contribution in [0.2, 0.25) is 0 Å². The Labute approximate surface area is 241 Å². The number of aliphatic hydroxyl groups excluding tert-OH is 1. The number of phenolic OH excluding ortho intramolecular Hbond substituents is 1. The number of Topliss-reactive ketones (excluding diaryl/α,β-unsaturated/α-hetero) is 5. The van der Waals surface area contributed by atoms with Gasteiger partial charge in [-0.1, -0.05) is 53.7 Å². The number of fused-ring (bicyclic) bond motifs is 3. The highest BCUT2D eigenvalue weighted by Crippen LogP contribution is 2.67. The molecule has 2 saturated carbocycles. The van der Waals surface area contributed by atoms with Gasteiger partial charge in [0, 0.05) is 16.7 Å². The molecule has 1 aromatic rings. The summed E-state index contributed by atoms with van der Waals surface area (Å²) < 4.78 is 41.7. The number of phenols is 1. The molecule has 3 aliphatic carbocycles. The minimum Gasteiger partial charge on any atom is -0.507 e. The van der Waals surface area contributed by atoms with E-state index < -0.39 is 105 Å². The average Bonchev–Trinajstić information content (AvgIpc) is 2.84. The maximum atomic E-state index is 14.5. The van der Waals surface area contributed by atoms with E-state index >= 15 is 0 Å². The summed E-state index contributed by atoms with van der Waals surface area (Å²) in [6.45, 7) is 8.66. The first-order chi connectivity index (χ1) is 19.0. The minimum absolute atomic E-state index is 0.119. The fourth-order valence-corrected chi connectivity index (χ4v) is 8.26. The number of aliphatic hydroxyl groups is 2. The fraction of sp³-hybridized carbons (Fsp3) is 0.645. The predicted octanol–water partition coefficient (Wildman–Crippen LogP) is 3.97. The molecule has 3 aliphatic rings. The Hall–Kier alpha value is -2.92. The average molecular weight is 595 g/mol. The molecule has 0 radical (unpaired) electrons. The largest absolute Gasteiger partial charge is 0.507 e. The van der Waals surface area contributed by atoms with Crippen LogP contribution < -0.4 is 0 Å². The van der Waals surface area contributed by atoms with Gasteiger partial charge in [-0.15, -0.1) is 0 Å². The van der Waals surface area contributed by atoms with Crippen LogP contribution in [-0.2, 0) is 19.2 Å². The molecule has 4 rings (SSSR count). The summed E-state index contributed by atoms with van der Waals surface area (Å²) in [7, 11) is 0. The highest BCUT2D eigenvalue weighted by Gasteiger charge is 2.81. The molecule has 1 aromatic carbocycles. The van der Waals surface area contributed by atoms with Crippen molar-refractivity contribution >= 4 is 28.9 Å². The Kier molecular flexibility index (Phi) is 7.27. The molecule has 0 aliphatic heterocycles. The molecular formula is C31H37F3O8. The Bertz CT molecular complexity index is 1400. The van der Waals surface area contributed by atoms with Crippen LogP contribution in [0.25, 0.3) is 0 Å². The fourth-order valence-electron chi connectivity index (χ4n) is 8.26. The number of carbonyl (C=O) groups excluding carboxylic acids is 5. The molecule has 0 heterocycles. The van der Waals surface area contributed by atoms with Crippen LogP contribution >= 0.6 is 0 Å². The molecule has 42 heavy (non-hydrogen) atoms. The summed E-state index contributed by atoms with van der Waals surface area (Å²) in [4.78, 5) is 68.5. The van der Waals surface area contributed by atoms with Gasteiger partial charge >= 0.3 is 6.18 Å². The van der Waals surface area contributed by atoms with Gasteiger partial charge in [-0.3, -0.25) is 24.0 Å². The van der Waals surface area contributed by atoms with Crippen molar-refractivity contribution in [2.24, 2.45) is 39.9 Å². The van der Waals surface area contributed by atoms with E-state index in [1.807, 2.05) is 0 Å². The summed E-state index contributed by atoms with van der Waals surface area (Å²) in [6, 6.07) is 4.00. The number of carbonyl (C=O) groups is 5. The first kappa shape index (κ1) is 32.0. The van der Waals surface area contributed by atoms with Gasteiger partial charge in [-0.2, -0.15) is 13.2 Å². The lowest BCUT2D eigenvalue weighted by atomic mass is 9.37. The second-order valence-electron chi connectivity index (χ2n) is 13.7. The van der Waals surface area contributed by atoms with Gasteiger partial charge in [0.05, 0.1) is 23.0 Å². The Morgan fingerprint density at radius 2 is 1.62 bits per heavy atom. The number of hydrogen-bond acceptors (Lipinski definition) is 8. The van der Waals surface area contributed by atoms with Crippen LogP contribution in [0.5, 0.6) is 5.75 Å². The smallest absolute Gasteiger partial charge is 0.393 e. The van der Waals surface area contributed by atoms with E-state index in [-0.39, 0.29) is 17.5 Å². The predicted molar refractivity (Wildman–Crippen MR) is 142 cm³/mol. The molecule has 0 saturated heterocycles. The first-order valence-electron chi connectivity index (χ1n) is 14.0. The zero-order chi connectivity index (χ0) is 32.1. The maximum Gasteiger partial charge on any atom is 0.393 e. The number of benzene rings is 1. The quantitative estimate of drug-likeness (QED) is 0.434. The Balaban J connectivity index is 2.05. The molecule has 0 aromatic heterocycles. The van der Waals surface area contributed by atoms with Crippen LogP contribution in [0.4, 0.5) is 13.2 Å². The van der Waals surface area contributed by atoms with Crippen LogP contribution in [0.3, 0.4) is 0 Å². The molecule has 230 valence electrons. The second-order valence-corrected chi connectivity index (χ2v) is 13.7. The van der Waals surface area contributed by atoms with E-state index in [0.29, 0.717) is 0 Å². The number of rotatable bonds is 5. The van der Waals surface area contributed by atoms with Crippen LogP contribution in [0.15, 0.2) is 18.2 Å². The van der Waals surface area contributed by atoms with E-state index in [9.17, 15) is 52.5 Å². The SMILES string of the molecule is CC(=O)C1C(=O)C(C(C)C)[C@@]2(C)[C@H](O)[C@]3(C)C(C(=O)c4c(O)cccc4[C@H]3CCC(C)(C)C(F)(F)F)C(=O)[C@@]2(O)C1=O. The third kappa shape index (κ3) is 3.77. The van der Waals surface area contributed by atoms with Crippen molar-refractivity contribution in [3.05, 3.63) is 29.3 Å². The summed E-state index contributed by atoms with van der Waals surface area (Å²) in [6.07, 6.45) is -7.36. The van der Waals surface area contributed by atoms with Crippen molar-refractivity contribution in [1.82, 2.24) is 0 Å². The number of alkyl halides is 3. The Morgan fingerprint density at radius 3 is 2.12 bits per heavy atom. The third-order valence-electron chi connectivity index (χ3n) is 10.6. The molecular weight excluding hydrogens is 557 g/mol. The molecule has 3 N–H and O–H groups in total. The highest BCUT2D eigenvalue weighted by atomic mass is 19.4. The van der Waals surface area contributed by atoms with Crippen molar-refractivity contribution in [2.45, 2.75) is 85.1 Å². The van der Waals surface area contributed by atoms with Gasteiger partial charge in [-0.25, -0.2) is 0 Å². The lowest BCUT2D eigenvalue weighted by Crippen LogP contribution is -2.82. The van der Waals surface area contributed by atoms with Gasteiger partial charge in [0.1, 0.15) is 17.5 Å². The lowest BCUT2D eigenvalue weighted by molar-refractivity contribution is -0.243. The zero-order valence-corrected chi connectivity index (χ0v) is 24.6. The topological polar surface area (TPSA) is 146 Å². The number of aromatic hydroxyl groups is 1. The molecule has 0 bridgehead atoms. The van der Waals surface area contributed by atoms with E-state index in [2.05, 4.69) is 0 Å². The molecule has 8 nitrogen and oxygen atoms in total. The minimum atomic E-state index is -4.61. The van der Waals surface area contributed by atoms with Crippen molar-refractivity contribution in [3.63, 3.8) is 0 Å². The summed E-state index contributed by atoms with van der Waals surface area (Å²) in [5.41, 5.74) is -9.73. The standard InChI is InChI=1S/C31H37F3O8/c1-13(2)20-22(37)18(14(3)35)24(39)30(42)25(40)21-23(38)19-15(9-8-10-17(19)36)16(11-12-27(4,5)31(32,33)34)28(21,6)26(41)29(20,30)7/h8-10,13,16,18,20-21,26,36,41-42H,11-12H2,1-7H3/t16-,18?,20?,21?,26-,28+,29+,30+/m1/s1. The molecule has 0 amide bonds. The first-order valence-corrected chi connectivity index (χ1v) is 14.0. The number of halogens is 3. The van der Waals surface area contributed by atoms with E-state index in [1.165, 1.54) is 32.0 Å². The number of hydrogen-bond donors (Lipinski definition) is 3. The summed E-state index contributed by atoms with van der Waals surface area (Å²) in [5.74, 6) is -13.3. The second kappa shape index (κ2) is 9.54. The molecule has 0 spiro atoms. The molecule has 11 heteroatoms. The van der Waals surface area contributed by atoms with Gasteiger partial charge < -0.3 is 15.3 Å². The van der Waals surface area contributed by atoms with Gasteiger partial charge in [0.25, 0.3) is 0 Å². The maximum absolute atomic E-state index is 14.5. The van der Waals surface area contributed by atoms with Crippen molar-refractivity contribution in [3.8, 4) is 5.75 Å². The van der Waals surface area contributed by atoms with E-state index in [0.717, 1.165) is 20.8 Å². The van der Waals surface area contributed by atoms with Crippen LogP contribution in [0.1, 0.15) is 83.1 Å². The molecule has 2 fully saturated rings. The summed E-state index contributed by atoms with van der Waals surface area (Å²) >= 11 is 0. The van der Waals surface area contributed by atoms with E-state index in [1.54, 1.807) is 13.8 Å². The summed E-state index contributed by atoms with van der Waals surface area (Å²) in [5, 5.41) is 35.1. The monoisotopic (exact) mass is 594 g/mol. The van der Waals surface area contributed by atoms with E-state index in [4.69, 9.17) is 0 Å². The highest BCUT2D eigenvalue weighted by molar-refractivity contribution is 6.32. The van der Waals surface area contributed by atoms with Crippen molar-refractivity contribution in [1.29, 1.82) is 0 Å². The van der Waals surface area contributed by atoms with Crippen molar-refractivity contribution < 1.29 is 52.5 Å². The van der Waals surface area contributed by atoms with Gasteiger partial charge in [0.2, 0.25) is 0 Å². The third-order valence-corrected chi connectivity index (χ3v) is 10.6. The zero-order valence-electron chi connectivity index (χ0n) is 24.6. The lowest BCUT2D eigenvalue weighted by Gasteiger charge is -2.66. The van der Waals surface area contributed by atoms with Gasteiger partial charge in [0.15, 0.2) is 28.7 Å². The normalized spacial score (nSPS) is 36.9. The van der Waals surface area contributed by atoms with Crippen molar-refractivity contribution in [2.75, 3.05) is 0 Å². The van der Waals surface area contributed by atoms with Gasteiger partial charge in [-0.05, 0) is 43.2 Å². The van der Waals surface area contributed by atoms with Crippen LogP contribution in [0, 0.1) is 39.9 Å². The Morgan fingerprint density at radius 1 is 1.05 bits per heavy atom.